The lowest BCUT2D eigenvalue weighted by atomic mass is 9.87. The number of nitrogens with one attached hydrogen (secondary N) is 1. The number of aliphatic hydroxyl groups is 1. The average Bonchev–Trinajstić information content (AvgIpc) is 2.95. The number of carbonyl (C=O) groups excluding carboxylic acids is 1. The maximum atomic E-state index is 12.1. The third-order valence-electron chi connectivity index (χ3n) is 4.75. The van der Waals surface area contributed by atoms with Gasteiger partial charge in [-0.3, -0.25) is 0 Å². The summed E-state index contributed by atoms with van der Waals surface area (Å²) < 4.78 is 10.3. The Kier molecular flexibility index (Phi) is 5.40. The van der Waals surface area contributed by atoms with E-state index >= 15 is 0 Å². The summed E-state index contributed by atoms with van der Waals surface area (Å²) in [5.74, 6) is 0. The zero-order valence-electron chi connectivity index (χ0n) is 14.3. The van der Waals surface area contributed by atoms with Crippen molar-refractivity contribution in [3.05, 3.63) is 58.3 Å². The normalized spacial score (nSPS) is 21.1. The molecule has 0 saturated heterocycles. The maximum absolute atomic E-state index is 12.1. The lowest BCUT2D eigenvalue weighted by molar-refractivity contribution is -0.0437. The van der Waals surface area contributed by atoms with Gasteiger partial charge in [-0.1, -0.05) is 35.9 Å². The topological polar surface area (TPSA) is 93.8 Å². The second kappa shape index (κ2) is 7.72. The molecule has 6 nitrogen and oxygen atoms in total. The number of alkyl carbamates (subject to hydrolysis) is 1. The van der Waals surface area contributed by atoms with Gasteiger partial charge < -0.3 is 25.6 Å². The Morgan fingerprint density at radius 1 is 1.40 bits per heavy atom. The van der Waals surface area contributed by atoms with Crippen LogP contribution in [-0.4, -0.2) is 30.6 Å². The van der Waals surface area contributed by atoms with Gasteiger partial charge in [-0.05, 0) is 30.4 Å². The number of hydrogen-bond acceptors (Lipinski definition) is 5. The molecule has 0 fully saturated rings. The minimum atomic E-state index is -1.02. The van der Waals surface area contributed by atoms with Crippen LogP contribution in [0, 0.1) is 0 Å². The minimum absolute atomic E-state index is 0.0352. The number of allylic oxidation sites excluding steroid dienone is 1. The van der Waals surface area contributed by atoms with Crippen LogP contribution in [0.2, 0.25) is 0 Å². The average molecular weight is 344 g/mol. The van der Waals surface area contributed by atoms with Crippen LogP contribution in [0.15, 0.2) is 52.7 Å². The van der Waals surface area contributed by atoms with Gasteiger partial charge in [-0.15, -0.1) is 0 Å². The molecule has 1 aromatic carbocycles. The van der Waals surface area contributed by atoms with Crippen molar-refractivity contribution in [1.82, 2.24) is 5.32 Å². The molecule has 2 unspecified atom stereocenters. The molecule has 0 aliphatic heterocycles. The fourth-order valence-corrected chi connectivity index (χ4v) is 3.49. The van der Waals surface area contributed by atoms with Crippen LogP contribution in [0.4, 0.5) is 4.79 Å². The molecule has 0 saturated carbocycles. The Balaban J connectivity index is 1.56. The van der Waals surface area contributed by atoms with E-state index in [2.05, 4.69) is 5.32 Å². The molecule has 2 atom stereocenters. The summed E-state index contributed by atoms with van der Waals surface area (Å²) in [6.07, 6.45) is 1.54. The monoisotopic (exact) mass is 344 g/mol. The third-order valence-corrected chi connectivity index (χ3v) is 4.75. The number of aliphatic hydroxyl groups excluding tert-OH is 1. The molecule has 0 bridgehead atoms. The molecule has 0 radical (unpaired) electrons. The van der Waals surface area contributed by atoms with Gasteiger partial charge in [0.05, 0.1) is 0 Å². The summed E-state index contributed by atoms with van der Waals surface area (Å²) >= 11 is 0. The fourth-order valence-electron chi connectivity index (χ4n) is 3.49. The number of amides is 1. The predicted octanol–water partition coefficient (Wildman–Crippen LogP) is 2.34. The summed E-state index contributed by atoms with van der Waals surface area (Å²) in [7, 11) is 1.45. The Morgan fingerprint density at radius 3 is 2.88 bits per heavy atom. The molecule has 3 rings (SSSR count). The number of ether oxygens (including phenoxy) is 2. The van der Waals surface area contributed by atoms with E-state index in [4.69, 9.17) is 15.2 Å². The van der Waals surface area contributed by atoms with Crippen LogP contribution in [0.5, 0.6) is 0 Å². The molecule has 2 aliphatic rings. The van der Waals surface area contributed by atoms with Gasteiger partial charge in [0.1, 0.15) is 6.61 Å². The lowest BCUT2D eigenvalue weighted by Crippen LogP contribution is -2.37. The van der Waals surface area contributed by atoms with Gasteiger partial charge in [-0.25, -0.2) is 4.79 Å². The molecule has 0 aromatic heterocycles. The smallest absolute Gasteiger partial charge is 0.407 e. The summed E-state index contributed by atoms with van der Waals surface area (Å²) in [5, 5.41) is 13.0. The van der Waals surface area contributed by atoms with Crippen molar-refractivity contribution in [2.75, 3.05) is 7.11 Å². The summed E-state index contributed by atoms with van der Waals surface area (Å²) in [6, 6.07) is 9.53. The van der Waals surface area contributed by atoms with Gasteiger partial charge >= 0.3 is 6.09 Å². The quantitative estimate of drug-likeness (QED) is 0.713. The maximum Gasteiger partial charge on any atom is 0.407 e. The van der Waals surface area contributed by atoms with E-state index in [9.17, 15) is 9.90 Å². The van der Waals surface area contributed by atoms with Gasteiger partial charge in [0.2, 0.25) is 0 Å². The second-order valence-corrected chi connectivity index (χ2v) is 6.43. The van der Waals surface area contributed by atoms with E-state index in [1.165, 1.54) is 12.7 Å². The molecule has 6 heteroatoms. The highest BCUT2D eigenvalue weighted by atomic mass is 16.6. The summed E-state index contributed by atoms with van der Waals surface area (Å²) in [5.41, 5.74) is 10.6. The van der Waals surface area contributed by atoms with Crippen molar-refractivity contribution in [3.8, 4) is 0 Å². The number of rotatable bonds is 5. The van der Waals surface area contributed by atoms with Crippen LogP contribution in [-0.2, 0) is 16.1 Å². The number of benzene rings is 1. The first-order chi connectivity index (χ1) is 12.1. The molecule has 2 aliphatic carbocycles. The molecule has 25 heavy (non-hydrogen) atoms. The van der Waals surface area contributed by atoms with Crippen LogP contribution in [0.3, 0.4) is 0 Å². The van der Waals surface area contributed by atoms with E-state index < -0.39 is 12.4 Å². The van der Waals surface area contributed by atoms with E-state index in [0.29, 0.717) is 24.1 Å². The molecule has 0 spiro atoms. The van der Waals surface area contributed by atoms with Crippen molar-refractivity contribution in [2.45, 2.75) is 44.6 Å². The molecule has 134 valence electrons. The van der Waals surface area contributed by atoms with Crippen LogP contribution >= 0.6 is 0 Å². The highest BCUT2D eigenvalue weighted by Gasteiger charge is 2.33. The van der Waals surface area contributed by atoms with Crippen LogP contribution < -0.4 is 11.1 Å². The molecule has 0 heterocycles. The van der Waals surface area contributed by atoms with Gasteiger partial charge in [0.25, 0.3) is 0 Å². The largest absolute Gasteiger partial charge is 0.445 e. The predicted molar refractivity (Wildman–Crippen MR) is 93.3 cm³/mol. The zero-order chi connectivity index (χ0) is 17.8. The van der Waals surface area contributed by atoms with E-state index in [1.54, 1.807) is 0 Å². The van der Waals surface area contributed by atoms with E-state index in [0.717, 1.165) is 24.0 Å². The van der Waals surface area contributed by atoms with Crippen molar-refractivity contribution in [1.29, 1.82) is 0 Å². The highest BCUT2D eigenvalue weighted by Crippen LogP contribution is 2.40. The number of hydrogen-bond donors (Lipinski definition) is 3. The van der Waals surface area contributed by atoms with Crippen molar-refractivity contribution in [3.63, 3.8) is 0 Å². The van der Waals surface area contributed by atoms with E-state index in [1.807, 2.05) is 30.3 Å². The SMILES string of the molecule is COC(O)C1=C(N)CC2=C1CC(NC(=O)OCc1ccccc1)CC2. The third kappa shape index (κ3) is 4.03. The highest BCUT2D eigenvalue weighted by molar-refractivity contribution is 5.68. The molecular formula is C19H24N2O4. The Morgan fingerprint density at radius 2 is 2.16 bits per heavy atom. The van der Waals surface area contributed by atoms with E-state index in [-0.39, 0.29) is 12.6 Å². The lowest BCUT2D eigenvalue weighted by Gasteiger charge is -2.27. The first kappa shape index (κ1) is 17.5. The summed E-state index contributed by atoms with van der Waals surface area (Å²) in [6.45, 7) is 0.244. The molecule has 1 amide bonds. The van der Waals surface area contributed by atoms with Gasteiger partial charge in [-0.2, -0.15) is 0 Å². The number of methoxy groups -OCH3 is 1. The number of nitrogens with two attached hydrogens (primary N) is 1. The van der Waals surface area contributed by atoms with Gasteiger partial charge in [0.15, 0.2) is 6.29 Å². The molecule has 1 aromatic rings. The number of carbonyl (C=O) groups is 1. The minimum Gasteiger partial charge on any atom is -0.445 e. The first-order valence-electron chi connectivity index (χ1n) is 8.46. The zero-order valence-corrected chi connectivity index (χ0v) is 14.3. The fraction of sp³-hybridized carbons (Fsp3) is 0.421. The standard InChI is InChI=1S/C19H24N2O4/c1-24-18(22)17-15-10-14(8-7-13(15)9-16(17)20)21-19(23)25-11-12-5-3-2-4-6-12/h2-6,14,18,22H,7-11,20H2,1H3,(H,21,23). The molecule has 4 N–H and O–H groups in total. The van der Waals surface area contributed by atoms with Crippen LogP contribution in [0.1, 0.15) is 31.2 Å². The molecular weight excluding hydrogens is 320 g/mol. The Labute approximate surface area is 147 Å². The summed E-state index contributed by atoms with van der Waals surface area (Å²) in [4.78, 5) is 12.1. The Bertz CT molecular complexity index is 697. The van der Waals surface area contributed by atoms with Crippen molar-refractivity contribution in [2.24, 2.45) is 5.73 Å². The first-order valence-corrected chi connectivity index (χ1v) is 8.46. The van der Waals surface area contributed by atoms with Crippen molar-refractivity contribution < 1.29 is 19.4 Å². The Hall–Kier alpha value is -2.31. The van der Waals surface area contributed by atoms with Crippen LogP contribution in [0.25, 0.3) is 0 Å². The second-order valence-electron chi connectivity index (χ2n) is 6.43. The van der Waals surface area contributed by atoms with Gasteiger partial charge in [0, 0.05) is 30.8 Å². The van der Waals surface area contributed by atoms with Crippen molar-refractivity contribution >= 4 is 6.09 Å².